The highest BCUT2D eigenvalue weighted by Crippen LogP contribution is 1.36. The Balaban J connectivity index is 3.30. The molecule has 0 heterocycles. The van der Waals surface area contributed by atoms with Gasteiger partial charge in [-0.2, -0.15) is 0 Å². The molecule has 0 aliphatic heterocycles. The summed E-state index contributed by atoms with van der Waals surface area (Å²) in [6, 6.07) is 0. The van der Waals surface area contributed by atoms with Crippen LogP contribution >= 0.6 is 0 Å². The third-order valence-electron chi connectivity index (χ3n) is 0.128. The normalized spacial score (nSPS) is 3.00. The van der Waals surface area contributed by atoms with E-state index in [1.54, 1.807) is 0 Å². The summed E-state index contributed by atoms with van der Waals surface area (Å²) >= 11 is 0. The topological polar surface area (TPSA) is 20.2 Å². The van der Waals surface area contributed by atoms with Crippen LogP contribution in [0.3, 0.4) is 0 Å². The quantitative estimate of drug-likeness (QED) is 0.393. The van der Waals surface area contributed by atoms with E-state index in [9.17, 15) is 0 Å². The Bertz CT molecular complexity index is 97.0. The number of aliphatic hydroxyl groups is 1. The van der Waals surface area contributed by atoms with Crippen molar-refractivity contribution in [2.75, 3.05) is 0 Å². The van der Waals surface area contributed by atoms with E-state index in [4.69, 9.17) is 5.11 Å². The summed E-state index contributed by atoms with van der Waals surface area (Å²) in [4.78, 5) is 0. The lowest BCUT2D eigenvalue weighted by Gasteiger charge is -1.44. The number of hydrogen-bond donors (Lipinski definition) is 1. The van der Waals surface area contributed by atoms with Gasteiger partial charge in [0, 0.05) is 5.92 Å². The first kappa shape index (κ1) is 3.92. The molecule has 0 atom stereocenters. The molecule has 0 aromatic rings. The number of terminal acetylenes is 1. The molecule has 1 N–H and O–H groups in total. The minimum atomic E-state index is 1.53. The van der Waals surface area contributed by atoms with Crippen LogP contribution < -0.4 is 0 Å². The average Bonchev–Trinajstić information content (AvgIpc) is 1.41. The highest BCUT2D eigenvalue weighted by Gasteiger charge is 1.37. The van der Waals surface area contributed by atoms with E-state index >= 15 is 0 Å². The van der Waals surface area contributed by atoms with Crippen molar-refractivity contribution in [1.82, 2.24) is 0 Å². The largest absolute Gasteiger partial charge is 0.461 e. The Labute approximate surface area is 30.6 Å². The standard InChI is InChI=1S/C4H2O/c1-2-3-4-5/h1,5H. The molecule has 0 bridgehead atoms. The lowest BCUT2D eigenvalue weighted by molar-refractivity contribution is 0.517. The number of rotatable bonds is 0. The summed E-state index contributed by atoms with van der Waals surface area (Å²) in [6.07, 6.45) is 6.09. The minimum absolute atomic E-state index is 1.53. The van der Waals surface area contributed by atoms with E-state index < -0.39 is 0 Å². The summed E-state index contributed by atoms with van der Waals surface area (Å²) in [6.45, 7) is 0. The van der Waals surface area contributed by atoms with Crippen molar-refractivity contribution in [1.29, 1.82) is 0 Å². The van der Waals surface area contributed by atoms with Gasteiger partial charge < -0.3 is 5.11 Å². The maximum atomic E-state index is 7.56. The van der Waals surface area contributed by atoms with E-state index in [-0.39, 0.29) is 0 Å². The molecule has 0 radical (unpaired) electrons. The first-order chi connectivity index (χ1) is 2.41. The van der Waals surface area contributed by atoms with E-state index in [1.807, 2.05) is 11.8 Å². The molecule has 1 heteroatoms. The predicted octanol–water partition coefficient (Wildman–Crippen LogP) is -0.0470. The lowest BCUT2D eigenvalue weighted by atomic mass is 10.7. The SMILES string of the molecule is C#CC#CO. The molecule has 0 fully saturated rings. The second-order valence-corrected chi connectivity index (χ2v) is 0.381. The maximum Gasteiger partial charge on any atom is 0.122 e. The van der Waals surface area contributed by atoms with Gasteiger partial charge in [0.1, 0.15) is 6.11 Å². The summed E-state index contributed by atoms with van der Waals surface area (Å²) in [7, 11) is 0. The van der Waals surface area contributed by atoms with Gasteiger partial charge in [0.2, 0.25) is 0 Å². The minimum Gasteiger partial charge on any atom is -0.461 e. The molecule has 0 rings (SSSR count). The first-order valence-corrected chi connectivity index (χ1v) is 1.01. The van der Waals surface area contributed by atoms with Crippen molar-refractivity contribution < 1.29 is 5.11 Å². The third-order valence-corrected chi connectivity index (χ3v) is 0.128. The van der Waals surface area contributed by atoms with Gasteiger partial charge >= 0.3 is 0 Å². The van der Waals surface area contributed by atoms with E-state index in [1.165, 1.54) is 6.11 Å². The lowest BCUT2D eigenvalue weighted by Crippen LogP contribution is -1.43. The van der Waals surface area contributed by atoms with Crippen LogP contribution in [0.5, 0.6) is 0 Å². The van der Waals surface area contributed by atoms with Crippen molar-refractivity contribution in [3.8, 4) is 24.4 Å². The van der Waals surface area contributed by atoms with E-state index in [2.05, 4.69) is 6.42 Å². The van der Waals surface area contributed by atoms with Gasteiger partial charge in [0.15, 0.2) is 0 Å². The van der Waals surface area contributed by atoms with Gasteiger partial charge in [0.25, 0.3) is 0 Å². The highest BCUT2D eigenvalue weighted by molar-refractivity contribution is 5.18. The van der Waals surface area contributed by atoms with Crippen LogP contribution in [0.4, 0.5) is 0 Å². The van der Waals surface area contributed by atoms with Gasteiger partial charge in [-0.25, -0.2) is 0 Å². The molecule has 0 amide bonds. The summed E-state index contributed by atoms with van der Waals surface area (Å²) < 4.78 is 0. The van der Waals surface area contributed by atoms with Crippen LogP contribution in [-0.4, -0.2) is 5.11 Å². The summed E-state index contributed by atoms with van der Waals surface area (Å²) in [5.74, 6) is 3.85. The third kappa shape index (κ3) is 2.92. The fraction of sp³-hybridized carbons (Fsp3) is 0. The molecule has 1 nitrogen and oxygen atoms in total. The van der Waals surface area contributed by atoms with Gasteiger partial charge in [-0.3, -0.25) is 0 Å². The van der Waals surface area contributed by atoms with Gasteiger partial charge in [-0.1, -0.05) is 0 Å². The zero-order valence-corrected chi connectivity index (χ0v) is 2.52. The Kier molecular flexibility index (Phi) is 2.29. The molecular weight excluding hydrogens is 64.0 g/mol. The first-order valence-electron chi connectivity index (χ1n) is 1.01. The predicted molar refractivity (Wildman–Crippen MR) is 18.5 cm³/mol. The van der Waals surface area contributed by atoms with Crippen molar-refractivity contribution in [3.63, 3.8) is 0 Å². The Morgan fingerprint density at radius 2 is 2.20 bits per heavy atom. The molecule has 0 aromatic carbocycles. The Morgan fingerprint density at radius 3 is 2.20 bits per heavy atom. The van der Waals surface area contributed by atoms with Crippen LogP contribution in [-0.2, 0) is 0 Å². The van der Waals surface area contributed by atoms with Crippen LogP contribution in [0.1, 0.15) is 0 Å². The van der Waals surface area contributed by atoms with Crippen molar-refractivity contribution >= 4 is 0 Å². The fourth-order valence-electron chi connectivity index (χ4n) is 0.0323. The van der Waals surface area contributed by atoms with E-state index in [0.717, 1.165) is 0 Å². The van der Waals surface area contributed by atoms with Crippen molar-refractivity contribution in [3.05, 3.63) is 0 Å². The number of aliphatic hydroxyl groups excluding tert-OH is 1. The molecular formula is C4H2O. The van der Waals surface area contributed by atoms with Gasteiger partial charge in [-0.15, -0.1) is 6.42 Å². The second-order valence-electron chi connectivity index (χ2n) is 0.381. The van der Waals surface area contributed by atoms with Crippen LogP contribution in [0.25, 0.3) is 0 Å². The molecule has 0 saturated heterocycles. The molecule has 0 aliphatic rings. The van der Waals surface area contributed by atoms with Crippen LogP contribution in [0, 0.1) is 24.4 Å². The van der Waals surface area contributed by atoms with Crippen molar-refractivity contribution in [2.45, 2.75) is 0 Å². The smallest absolute Gasteiger partial charge is 0.122 e. The second kappa shape index (κ2) is 2.92. The van der Waals surface area contributed by atoms with Crippen LogP contribution in [0.15, 0.2) is 0 Å². The monoisotopic (exact) mass is 66.0 g/mol. The average molecular weight is 66.1 g/mol. The molecule has 24 valence electrons. The maximum absolute atomic E-state index is 7.56. The zero-order valence-electron chi connectivity index (χ0n) is 2.52. The fourth-order valence-corrected chi connectivity index (χ4v) is 0.0323. The van der Waals surface area contributed by atoms with Crippen LogP contribution in [0.2, 0.25) is 0 Å². The highest BCUT2D eigenvalue weighted by atomic mass is 16.2. The zero-order chi connectivity index (χ0) is 4.12. The number of hydrogen-bond acceptors (Lipinski definition) is 1. The molecule has 0 aliphatic carbocycles. The summed E-state index contributed by atoms with van der Waals surface area (Å²) in [5, 5.41) is 7.56. The molecule has 0 saturated carbocycles. The Morgan fingerprint density at radius 1 is 1.60 bits per heavy atom. The molecule has 0 unspecified atom stereocenters. The van der Waals surface area contributed by atoms with Gasteiger partial charge in [0.05, 0.1) is 0 Å². The molecule has 5 heavy (non-hydrogen) atoms. The Hall–Kier alpha value is -1.08. The van der Waals surface area contributed by atoms with Gasteiger partial charge in [-0.05, 0) is 5.92 Å². The molecule has 0 spiro atoms. The summed E-state index contributed by atoms with van der Waals surface area (Å²) in [5.41, 5.74) is 0. The van der Waals surface area contributed by atoms with Crippen molar-refractivity contribution in [2.24, 2.45) is 0 Å². The molecule has 0 aromatic heterocycles. The van der Waals surface area contributed by atoms with E-state index in [0.29, 0.717) is 0 Å².